The average Bonchev–Trinajstić information content (AvgIpc) is 0.722. The molecule has 0 aromatic carbocycles. The molecule has 0 heterocycles. The first kappa shape index (κ1) is 22.4. The topological polar surface area (TPSA) is 77.8 Å². The van der Waals surface area contributed by atoms with Crippen LogP contribution in [0, 0.1) is 0 Å². The Bertz CT molecular complexity index is 71.5. The van der Waals surface area contributed by atoms with Gasteiger partial charge in [0.1, 0.15) is 0 Å². The Hall–Kier alpha value is 2.43. The van der Waals surface area contributed by atoms with E-state index in [1.54, 1.807) is 0 Å². The molecule has 0 aliphatic rings. The largest absolute Gasteiger partial charge is 2.00 e. The summed E-state index contributed by atoms with van der Waals surface area (Å²) >= 11 is 0. The van der Waals surface area contributed by atoms with Crippen LogP contribution in [0.1, 0.15) is 4.28 Å². The van der Waals surface area contributed by atoms with Gasteiger partial charge < -0.3 is 19.0 Å². The van der Waals surface area contributed by atoms with E-state index >= 15 is 0 Å². The Morgan fingerprint density at radius 1 is 1.25 bits per heavy atom. The van der Waals surface area contributed by atoms with Crippen molar-refractivity contribution in [2.45, 2.75) is 0 Å². The summed E-state index contributed by atoms with van der Waals surface area (Å²) in [6, 6.07) is 0. The van der Waals surface area contributed by atoms with Crippen molar-refractivity contribution in [3.63, 3.8) is 0 Å². The molecule has 3 N–H and O–H groups in total. The minimum absolute atomic E-state index is 0. The molecule has 3 radical (unpaired) electrons. The molecule has 0 fully saturated rings. The molecule has 0 aliphatic carbocycles. The molecule has 41 valence electrons. The van der Waals surface area contributed by atoms with E-state index in [2.05, 4.69) is 0 Å². The zero-order valence-electron chi connectivity index (χ0n) is 7.48. The van der Waals surface area contributed by atoms with Gasteiger partial charge in [-0.15, -0.1) is 0 Å². The molecule has 0 atom stereocenters. The van der Waals surface area contributed by atoms with E-state index in [0.717, 1.165) is 0 Å². The molecule has 0 amide bonds. The zero-order valence-corrected chi connectivity index (χ0v) is 9.58. The van der Waals surface area contributed by atoms with E-state index in [4.69, 9.17) is 19.2 Å². The summed E-state index contributed by atoms with van der Waals surface area (Å²) in [5, 5.41) is 0. The van der Waals surface area contributed by atoms with E-state index < -0.39 is 7.82 Å². The molecule has 0 unspecified atom stereocenters. The Balaban J connectivity index is -0.00000000533. The van der Waals surface area contributed by atoms with Crippen LogP contribution in [0.3, 0.4) is 0 Å². The van der Waals surface area contributed by atoms with E-state index in [9.17, 15) is 0 Å². The van der Waals surface area contributed by atoms with E-state index in [1.807, 2.05) is 0 Å². The van der Waals surface area contributed by atoms with Crippen molar-refractivity contribution < 1.29 is 53.1 Å². The summed E-state index contributed by atoms with van der Waals surface area (Å²) < 4.78 is 8.88. The standard InChI is InChI=1S/B.Ca.Na.H3O4P.3H/c;;;1-5(2,3)4;;;/h;;;(H3,1,2,3,4);;;/q;+2;+1;;3*-1. The predicted octanol–water partition coefficient (Wildman–Crippen LogP) is -4.35. The van der Waals surface area contributed by atoms with Crippen LogP contribution in [0.5, 0.6) is 0 Å². The molecular formula is H6BCaNaO4P. The first-order chi connectivity index (χ1) is 2.00. The Labute approximate surface area is 106 Å². The van der Waals surface area contributed by atoms with Gasteiger partial charge in [0.2, 0.25) is 0 Å². The minimum Gasteiger partial charge on any atom is -1.00 e. The molecule has 0 aliphatic heterocycles. The van der Waals surface area contributed by atoms with E-state index in [-0.39, 0.29) is 80.0 Å². The summed E-state index contributed by atoms with van der Waals surface area (Å²) in [6.45, 7) is 0. The SMILES string of the molecule is O=P(O)(O)O.[B].[Ca+2].[H-].[H-].[H-].[Na+]. The monoisotopic (exact) mass is 175 g/mol. The first-order valence-corrected chi connectivity index (χ1v) is 2.35. The second kappa shape index (κ2) is 9.43. The van der Waals surface area contributed by atoms with Crippen molar-refractivity contribution >= 4 is 54.0 Å². The quantitative estimate of drug-likeness (QED) is 0.257. The Morgan fingerprint density at radius 3 is 1.25 bits per heavy atom. The number of hydrogen-bond donors (Lipinski definition) is 3. The van der Waals surface area contributed by atoms with Crippen LogP contribution in [0.15, 0.2) is 0 Å². The molecule has 0 saturated carbocycles. The van der Waals surface area contributed by atoms with Gasteiger partial charge in [0, 0.05) is 8.41 Å². The summed E-state index contributed by atoms with van der Waals surface area (Å²) in [5.74, 6) is 0. The van der Waals surface area contributed by atoms with Crippen LogP contribution in [-0.4, -0.2) is 60.8 Å². The van der Waals surface area contributed by atoms with Crippen LogP contribution in [-0.2, 0) is 4.57 Å². The molecule has 8 heavy (non-hydrogen) atoms. The number of rotatable bonds is 0. The predicted molar refractivity (Wildman–Crippen MR) is 29.1 cm³/mol. The molecule has 0 bridgehead atoms. The zero-order chi connectivity index (χ0) is 4.50. The van der Waals surface area contributed by atoms with E-state index in [0.29, 0.717) is 0 Å². The third-order valence-electron chi connectivity index (χ3n) is 0. The maximum Gasteiger partial charge on any atom is 2.00 e. The van der Waals surface area contributed by atoms with Gasteiger partial charge in [-0.25, -0.2) is 4.57 Å². The summed E-state index contributed by atoms with van der Waals surface area (Å²) in [6.07, 6.45) is 0. The maximum atomic E-state index is 8.88. The Kier molecular flexibility index (Phi) is 26.5. The molecule has 8 heteroatoms. The van der Waals surface area contributed by atoms with Gasteiger partial charge in [0.05, 0.1) is 0 Å². The van der Waals surface area contributed by atoms with Crippen LogP contribution < -0.4 is 29.6 Å². The van der Waals surface area contributed by atoms with Crippen molar-refractivity contribution in [3.8, 4) is 0 Å². The summed E-state index contributed by atoms with van der Waals surface area (Å²) in [5.41, 5.74) is 0. The van der Waals surface area contributed by atoms with Crippen molar-refractivity contribution in [1.82, 2.24) is 0 Å². The first-order valence-electron chi connectivity index (χ1n) is 0.783. The van der Waals surface area contributed by atoms with Crippen molar-refractivity contribution in [2.75, 3.05) is 0 Å². The molecule has 0 saturated heterocycles. The van der Waals surface area contributed by atoms with Gasteiger partial charge in [-0.1, -0.05) is 0 Å². The third kappa shape index (κ3) is 78.7. The molecule has 0 spiro atoms. The second-order valence-electron chi connectivity index (χ2n) is 0.513. The molecule has 4 nitrogen and oxygen atoms in total. The summed E-state index contributed by atoms with van der Waals surface area (Å²) in [7, 11) is -4.64. The van der Waals surface area contributed by atoms with Crippen LogP contribution in [0.4, 0.5) is 0 Å². The van der Waals surface area contributed by atoms with Crippen molar-refractivity contribution in [2.24, 2.45) is 0 Å². The van der Waals surface area contributed by atoms with Crippen LogP contribution in [0.25, 0.3) is 0 Å². The fourth-order valence-corrected chi connectivity index (χ4v) is 0. The summed E-state index contributed by atoms with van der Waals surface area (Å²) in [4.78, 5) is 21.6. The molecular weight excluding hydrogens is 169 g/mol. The minimum atomic E-state index is -4.64. The van der Waals surface area contributed by atoms with Crippen molar-refractivity contribution in [3.05, 3.63) is 0 Å². The third-order valence-corrected chi connectivity index (χ3v) is 0. The normalized spacial score (nSPS) is 7.38. The molecule has 0 aromatic rings. The maximum absolute atomic E-state index is 8.88. The second-order valence-corrected chi connectivity index (χ2v) is 1.54. The van der Waals surface area contributed by atoms with Gasteiger partial charge in [0.25, 0.3) is 0 Å². The number of phosphoric acid groups is 1. The van der Waals surface area contributed by atoms with Gasteiger partial charge in [-0.2, -0.15) is 0 Å². The average molecular weight is 175 g/mol. The number of hydrogen-bond acceptors (Lipinski definition) is 1. The fraction of sp³-hybridized carbons (Fsp3) is 0. The Morgan fingerprint density at radius 2 is 1.25 bits per heavy atom. The fourth-order valence-electron chi connectivity index (χ4n) is 0. The van der Waals surface area contributed by atoms with Crippen LogP contribution >= 0.6 is 7.82 Å². The molecule has 0 rings (SSSR count). The van der Waals surface area contributed by atoms with Crippen molar-refractivity contribution in [1.29, 1.82) is 0 Å². The van der Waals surface area contributed by atoms with Gasteiger partial charge in [-0.05, 0) is 0 Å². The van der Waals surface area contributed by atoms with Gasteiger partial charge >= 0.3 is 75.1 Å². The molecule has 0 aromatic heterocycles. The van der Waals surface area contributed by atoms with Gasteiger partial charge in [0.15, 0.2) is 0 Å². The smallest absolute Gasteiger partial charge is 1.00 e. The van der Waals surface area contributed by atoms with E-state index in [1.165, 1.54) is 0 Å². The van der Waals surface area contributed by atoms with Gasteiger partial charge in [-0.3, -0.25) is 0 Å². The van der Waals surface area contributed by atoms with Crippen LogP contribution in [0.2, 0.25) is 0 Å².